The number of ether oxygens (including phenoxy) is 1. The molecule has 1 aromatic carbocycles. The van der Waals surface area contributed by atoms with E-state index in [4.69, 9.17) is 44.0 Å². The van der Waals surface area contributed by atoms with E-state index in [9.17, 15) is 0 Å². The first-order valence-corrected chi connectivity index (χ1v) is 7.55. The number of thioether (sulfide) groups is 1. The number of hydrogen-bond donors (Lipinski definition) is 0. The van der Waals surface area contributed by atoms with Gasteiger partial charge in [-0.25, -0.2) is 0 Å². The molecule has 0 unspecified atom stereocenters. The Labute approximate surface area is 129 Å². The van der Waals surface area contributed by atoms with Gasteiger partial charge in [0.15, 0.2) is 6.61 Å². The van der Waals surface area contributed by atoms with Gasteiger partial charge in [0.1, 0.15) is 5.75 Å². The summed E-state index contributed by atoms with van der Waals surface area (Å²) in [6, 6.07) is 4.98. The molecule has 0 aliphatic carbocycles. The number of benzene rings is 1. The molecule has 1 heterocycles. The lowest BCUT2D eigenvalue weighted by Crippen LogP contribution is -1.96. The molecule has 0 atom stereocenters. The summed E-state index contributed by atoms with van der Waals surface area (Å²) in [6.45, 7) is 0.149. The van der Waals surface area contributed by atoms with Crippen molar-refractivity contribution in [3.8, 4) is 5.75 Å². The fourth-order valence-electron chi connectivity index (χ4n) is 1.21. The highest BCUT2D eigenvalue weighted by Crippen LogP contribution is 2.28. The largest absolute Gasteiger partial charge is 0.482 e. The Kier molecular flexibility index (Phi) is 5.63. The van der Waals surface area contributed by atoms with Crippen LogP contribution in [0.5, 0.6) is 5.75 Å². The van der Waals surface area contributed by atoms with Crippen molar-refractivity contribution in [1.29, 1.82) is 0 Å². The van der Waals surface area contributed by atoms with Crippen LogP contribution in [-0.2, 0) is 6.61 Å². The van der Waals surface area contributed by atoms with Crippen molar-refractivity contribution in [3.05, 3.63) is 34.1 Å². The third-order valence-corrected chi connectivity index (χ3v) is 3.76. The van der Waals surface area contributed by atoms with Crippen LogP contribution < -0.4 is 4.74 Å². The Morgan fingerprint density at radius 3 is 2.84 bits per heavy atom. The molecule has 0 fully saturated rings. The summed E-state index contributed by atoms with van der Waals surface area (Å²) in [6.07, 6.45) is 0. The molecule has 102 valence electrons. The smallest absolute Gasteiger partial charge is 0.276 e. The van der Waals surface area contributed by atoms with E-state index in [-0.39, 0.29) is 6.61 Å². The number of halogens is 3. The number of hydrogen-bond acceptors (Lipinski definition) is 5. The second-order valence-corrected chi connectivity index (χ2v) is 5.63. The maximum Gasteiger partial charge on any atom is 0.276 e. The molecule has 0 saturated heterocycles. The van der Waals surface area contributed by atoms with E-state index in [0.29, 0.717) is 38.5 Å². The minimum absolute atomic E-state index is 0.149. The number of alkyl halides is 1. The van der Waals surface area contributed by atoms with Crippen LogP contribution in [-0.4, -0.2) is 21.8 Å². The number of aromatic nitrogens is 2. The molecular weight excluding hydrogens is 331 g/mol. The van der Waals surface area contributed by atoms with Crippen LogP contribution in [0, 0.1) is 0 Å². The molecular formula is C11H9Cl3N2O2S. The quantitative estimate of drug-likeness (QED) is 0.580. The van der Waals surface area contributed by atoms with Crippen molar-refractivity contribution in [2.24, 2.45) is 0 Å². The van der Waals surface area contributed by atoms with Gasteiger partial charge in [-0.05, 0) is 18.2 Å². The van der Waals surface area contributed by atoms with Gasteiger partial charge in [-0.2, -0.15) is 0 Å². The van der Waals surface area contributed by atoms with Gasteiger partial charge in [-0.15, -0.1) is 21.8 Å². The van der Waals surface area contributed by atoms with Crippen LogP contribution in [0.1, 0.15) is 5.89 Å². The van der Waals surface area contributed by atoms with Crippen molar-refractivity contribution >= 4 is 46.6 Å². The Morgan fingerprint density at radius 1 is 1.26 bits per heavy atom. The molecule has 0 bridgehead atoms. The zero-order valence-electron chi connectivity index (χ0n) is 9.61. The van der Waals surface area contributed by atoms with E-state index < -0.39 is 0 Å². The van der Waals surface area contributed by atoms with Gasteiger partial charge < -0.3 is 9.15 Å². The van der Waals surface area contributed by atoms with Crippen LogP contribution in [0.15, 0.2) is 27.8 Å². The lowest BCUT2D eigenvalue weighted by Gasteiger charge is -2.05. The van der Waals surface area contributed by atoms with Crippen LogP contribution in [0.2, 0.25) is 10.0 Å². The Balaban J connectivity index is 1.92. The molecule has 0 spiro atoms. The second kappa shape index (κ2) is 7.24. The summed E-state index contributed by atoms with van der Waals surface area (Å²) in [5, 5.41) is 9.17. The molecule has 2 rings (SSSR count). The molecule has 19 heavy (non-hydrogen) atoms. The van der Waals surface area contributed by atoms with Gasteiger partial charge in [0.2, 0.25) is 0 Å². The van der Waals surface area contributed by atoms with Crippen LogP contribution in [0.3, 0.4) is 0 Å². The molecule has 4 nitrogen and oxygen atoms in total. The Hall–Kier alpha value is -0.620. The topological polar surface area (TPSA) is 48.2 Å². The lowest BCUT2D eigenvalue weighted by molar-refractivity contribution is 0.252. The van der Waals surface area contributed by atoms with E-state index >= 15 is 0 Å². The van der Waals surface area contributed by atoms with Gasteiger partial charge in [0.05, 0.1) is 5.02 Å². The standard InChI is InChI=1S/C11H9Cl3N2O2S/c12-3-4-19-11-16-15-10(18-11)6-17-9-2-1-7(13)5-8(9)14/h1-2,5H,3-4,6H2. The monoisotopic (exact) mass is 338 g/mol. The third-order valence-electron chi connectivity index (χ3n) is 2.00. The van der Waals surface area contributed by atoms with E-state index in [1.807, 2.05) is 0 Å². The molecule has 0 aliphatic heterocycles. The Morgan fingerprint density at radius 2 is 2.11 bits per heavy atom. The summed E-state index contributed by atoms with van der Waals surface area (Å²) in [7, 11) is 0. The first-order chi connectivity index (χ1) is 9.19. The predicted molar refractivity (Wildman–Crippen MR) is 76.5 cm³/mol. The van der Waals surface area contributed by atoms with Crippen molar-refractivity contribution in [2.75, 3.05) is 11.6 Å². The zero-order valence-corrected chi connectivity index (χ0v) is 12.7. The summed E-state index contributed by atoms with van der Waals surface area (Å²) < 4.78 is 10.8. The second-order valence-electron chi connectivity index (χ2n) is 3.36. The SMILES string of the molecule is ClCCSc1nnc(COc2ccc(Cl)cc2Cl)o1. The maximum atomic E-state index is 5.97. The van der Waals surface area contributed by atoms with Gasteiger partial charge in [-0.3, -0.25) is 0 Å². The maximum absolute atomic E-state index is 5.97. The summed E-state index contributed by atoms with van der Waals surface area (Å²) in [4.78, 5) is 0. The van der Waals surface area contributed by atoms with Gasteiger partial charge in [0, 0.05) is 16.7 Å². The highest BCUT2D eigenvalue weighted by molar-refractivity contribution is 7.99. The molecule has 1 aromatic heterocycles. The zero-order chi connectivity index (χ0) is 13.7. The van der Waals surface area contributed by atoms with Crippen molar-refractivity contribution in [3.63, 3.8) is 0 Å². The highest BCUT2D eigenvalue weighted by Gasteiger charge is 2.08. The van der Waals surface area contributed by atoms with Crippen molar-refractivity contribution < 1.29 is 9.15 Å². The van der Waals surface area contributed by atoms with Gasteiger partial charge in [-0.1, -0.05) is 35.0 Å². The van der Waals surface area contributed by atoms with Crippen LogP contribution in [0.25, 0.3) is 0 Å². The predicted octanol–water partition coefficient (Wildman–Crippen LogP) is 4.29. The van der Waals surface area contributed by atoms with Gasteiger partial charge >= 0.3 is 0 Å². The van der Waals surface area contributed by atoms with Crippen molar-refractivity contribution in [2.45, 2.75) is 11.8 Å². The number of nitrogens with zero attached hydrogens (tertiary/aromatic N) is 2. The minimum Gasteiger partial charge on any atom is -0.482 e. The molecule has 8 heteroatoms. The first kappa shape index (κ1) is 14.8. The molecule has 0 N–H and O–H groups in total. The normalized spacial score (nSPS) is 10.7. The molecule has 0 amide bonds. The van der Waals surface area contributed by atoms with Crippen molar-refractivity contribution in [1.82, 2.24) is 10.2 Å². The summed E-state index contributed by atoms with van der Waals surface area (Å²) >= 11 is 18.7. The minimum atomic E-state index is 0.149. The summed E-state index contributed by atoms with van der Waals surface area (Å²) in [5.41, 5.74) is 0. The first-order valence-electron chi connectivity index (χ1n) is 5.28. The molecule has 0 aliphatic rings. The van der Waals surface area contributed by atoms with Crippen LogP contribution in [0.4, 0.5) is 0 Å². The Bertz CT molecular complexity index is 550. The molecule has 0 radical (unpaired) electrons. The van der Waals surface area contributed by atoms with E-state index in [1.165, 1.54) is 11.8 Å². The third kappa shape index (κ3) is 4.45. The fraction of sp³-hybridized carbons (Fsp3) is 0.273. The highest BCUT2D eigenvalue weighted by atomic mass is 35.5. The molecule has 2 aromatic rings. The van der Waals surface area contributed by atoms with E-state index in [1.54, 1.807) is 18.2 Å². The van der Waals surface area contributed by atoms with E-state index in [0.717, 1.165) is 0 Å². The van der Waals surface area contributed by atoms with Crippen LogP contribution >= 0.6 is 46.6 Å². The average Bonchev–Trinajstić information content (AvgIpc) is 2.83. The number of rotatable bonds is 6. The molecule has 0 saturated carbocycles. The summed E-state index contributed by atoms with van der Waals surface area (Å²) in [5.74, 6) is 2.13. The fourth-order valence-corrected chi connectivity index (χ4v) is 2.41. The average molecular weight is 340 g/mol. The van der Waals surface area contributed by atoms with Gasteiger partial charge in [0.25, 0.3) is 11.1 Å². The lowest BCUT2D eigenvalue weighted by atomic mass is 10.3. The van der Waals surface area contributed by atoms with E-state index in [2.05, 4.69) is 10.2 Å².